The van der Waals surface area contributed by atoms with Crippen LogP contribution >= 0.6 is 0 Å². The summed E-state index contributed by atoms with van der Waals surface area (Å²) in [6.07, 6.45) is 8.69. The summed E-state index contributed by atoms with van der Waals surface area (Å²) >= 11 is 0. The number of hydrogen-bond donors (Lipinski definition) is 2. The van der Waals surface area contributed by atoms with Crippen LogP contribution in [0.2, 0.25) is 0 Å². The van der Waals surface area contributed by atoms with E-state index in [2.05, 4.69) is 19.2 Å². The van der Waals surface area contributed by atoms with E-state index < -0.39 is 0 Å². The lowest BCUT2D eigenvalue weighted by Gasteiger charge is -2.65. The van der Waals surface area contributed by atoms with E-state index in [0.717, 1.165) is 12.3 Å². The van der Waals surface area contributed by atoms with Gasteiger partial charge in [0.2, 0.25) is 5.91 Å². The summed E-state index contributed by atoms with van der Waals surface area (Å²) in [5.74, 6) is 1.08. The van der Waals surface area contributed by atoms with E-state index in [1.165, 1.54) is 38.5 Å². The van der Waals surface area contributed by atoms with E-state index in [-0.39, 0.29) is 17.4 Å². The van der Waals surface area contributed by atoms with Crippen LogP contribution in [0.15, 0.2) is 0 Å². The molecular weight excluding hydrogens is 248 g/mol. The van der Waals surface area contributed by atoms with Crippen molar-refractivity contribution in [3.63, 3.8) is 0 Å². The van der Waals surface area contributed by atoms with Crippen molar-refractivity contribution < 1.29 is 4.79 Å². The first kappa shape index (κ1) is 14.4. The Kier molecular flexibility index (Phi) is 3.20. The zero-order valence-electron chi connectivity index (χ0n) is 13.3. The molecular formula is C17H30N2O. The highest BCUT2D eigenvalue weighted by molar-refractivity contribution is 5.76. The highest BCUT2D eigenvalue weighted by atomic mass is 16.1. The molecule has 4 fully saturated rings. The van der Waals surface area contributed by atoms with Gasteiger partial charge in [-0.2, -0.15) is 0 Å². The van der Waals surface area contributed by atoms with Crippen molar-refractivity contribution in [2.24, 2.45) is 27.9 Å². The molecule has 3 heteroatoms. The van der Waals surface area contributed by atoms with Crippen LogP contribution in [-0.2, 0) is 4.79 Å². The molecule has 0 radical (unpaired) electrons. The molecule has 4 aliphatic rings. The molecule has 0 aromatic heterocycles. The molecule has 0 spiro atoms. The average molecular weight is 278 g/mol. The van der Waals surface area contributed by atoms with Crippen LogP contribution < -0.4 is 11.1 Å². The van der Waals surface area contributed by atoms with Gasteiger partial charge in [-0.3, -0.25) is 4.79 Å². The second kappa shape index (κ2) is 4.46. The Bertz CT molecular complexity index is 399. The molecule has 1 amide bonds. The molecule has 3 unspecified atom stereocenters. The van der Waals surface area contributed by atoms with Crippen LogP contribution in [-0.4, -0.2) is 18.5 Å². The number of carbonyl (C=O) groups is 1. The van der Waals surface area contributed by atoms with Crippen molar-refractivity contribution in [2.75, 3.05) is 6.54 Å². The third kappa shape index (κ3) is 2.61. The van der Waals surface area contributed by atoms with Crippen molar-refractivity contribution in [2.45, 2.75) is 71.8 Å². The average Bonchev–Trinajstić information content (AvgIpc) is 2.20. The molecule has 4 aliphatic carbocycles. The minimum Gasteiger partial charge on any atom is -0.355 e. The Hall–Kier alpha value is -0.570. The summed E-state index contributed by atoms with van der Waals surface area (Å²) in [5, 5.41) is 3.02. The molecule has 114 valence electrons. The van der Waals surface area contributed by atoms with Crippen molar-refractivity contribution in [1.82, 2.24) is 5.32 Å². The third-order valence-electron chi connectivity index (χ3n) is 5.90. The minimum atomic E-state index is 0.0466. The zero-order chi connectivity index (χ0) is 14.6. The monoisotopic (exact) mass is 278 g/mol. The lowest BCUT2D eigenvalue weighted by Crippen LogP contribution is -2.56. The topological polar surface area (TPSA) is 55.1 Å². The van der Waals surface area contributed by atoms with Crippen LogP contribution in [0, 0.1) is 22.2 Å². The van der Waals surface area contributed by atoms with Gasteiger partial charge in [-0.1, -0.05) is 13.8 Å². The van der Waals surface area contributed by atoms with Gasteiger partial charge in [0.05, 0.1) is 0 Å². The van der Waals surface area contributed by atoms with Gasteiger partial charge in [-0.05, 0) is 67.6 Å². The summed E-state index contributed by atoms with van der Waals surface area (Å²) in [7, 11) is 0. The van der Waals surface area contributed by atoms with Crippen LogP contribution in [0.25, 0.3) is 0 Å². The maximum Gasteiger partial charge on any atom is 0.220 e. The highest BCUT2D eigenvalue weighted by Crippen LogP contribution is 2.70. The van der Waals surface area contributed by atoms with E-state index in [1.54, 1.807) is 0 Å². The van der Waals surface area contributed by atoms with Crippen molar-refractivity contribution in [1.29, 1.82) is 0 Å². The lowest BCUT2D eigenvalue weighted by atomic mass is 9.40. The van der Waals surface area contributed by atoms with Gasteiger partial charge in [0.15, 0.2) is 0 Å². The molecule has 0 aliphatic heterocycles. The van der Waals surface area contributed by atoms with Crippen LogP contribution in [0.1, 0.15) is 65.7 Å². The molecule has 3 nitrogen and oxygen atoms in total. The molecule has 0 aromatic rings. The number of hydrogen-bond acceptors (Lipinski definition) is 2. The van der Waals surface area contributed by atoms with Gasteiger partial charge in [0.25, 0.3) is 0 Å². The maximum absolute atomic E-state index is 12.3. The Morgan fingerprint density at radius 1 is 1.20 bits per heavy atom. The van der Waals surface area contributed by atoms with Gasteiger partial charge in [0, 0.05) is 19.0 Å². The van der Waals surface area contributed by atoms with Crippen LogP contribution in [0.3, 0.4) is 0 Å². The fourth-order valence-corrected chi connectivity index (χ4v) is 6.56. The number of carbonyl (C=O) groups excluding carboxylic acids is 1. The summed E-state index contributed by atoms with van der Waals surface area (Å²) in [4.78, 5) is 12.3. The molecule has 0 heterocycles. The van der Waals surface area contributed by atoms with Gasteiger partial charge in [-0.25, -0.2) is 0 Å². The lowest BCUT2D eigenvalue weighted by molar-refractivity contribution is -0.156. The molecule has 4 bridgehead atoms. The first-order valence-corrected chi connectivity index (χ1v) is 8.24. The van der Waals surface area contributed by atoms with E-state index in [1.807, 2.05) is 6.92 Å². The largest absolute Gasteiger partial charge is 0.355 e. The number of amides is 1. The van der Waals surface area contributed by atoms with E-state index >= 15 is 0 Å². The number of nitrogens with one attached hydrogen (secondary N) is 1. The molecule has 0 aromatic carbocycles. The minimum absolute atomic E-state index is 0.0466. The number of nitrogens with two attached hydrogens (primary N) is 1. The molecule has 3 atom stereocenters. The second-order valence-corrected chi connectivity index (χ2v) is 9.09. The second-order valence-electron chi connectivity index (χ2n) is 9.09. The van der Waals surface area contributed by atoms with E-state index in [0.29, 0.717) is 17.4 Å². The maximum atomic E-state index is 12.3. The summed E-state index contributed by atoms with van der Waals surface area (Å²) in [6.45, 7) is 7.47. The Morgan fingerprint density at radius 3 is 2.30 bits per heavy atom. The summed E-state index contributed by atoms with van der Waals surface area (Å²) in [6, 6.07) is 0.0466. The summed E-state index contributed by atoms with van der Waals surface area (Å²) < 4.78 is 0. The fourth-order valence-electron chi connectivity index (χ4n) is 6.56. The zero-order valence-corrected chi connectivity index (χ0v) is 13.3. The third-order valence-corrected chi connectivity index (χ3v) is 5.90. The smallest absolute Gasteiger partial charge is 0.220 e. The van der Waals surface area contributed by atoms with E-state index in [9.17, 15) is 4.79 Å². The predicted octanol–water partition coefficient (Wildman–Crippen LogP) is 2.84. The molecule has 3 N–H and O–H groups in total. The Labute approximate surface area is 123 Å². The van der Waals surface area contributed by atoms with Crippen LogP contribution in [0.5, 0.6) is 0 Å². The molecule has 4 saturated carbocycles. The molecule has 0 saturated heterocycles. The van der Waals surface area contributed by atoms with Crippen LogP contribution in [0.4, 0.5) is 0 Å². The normalized spacial score (nSPS) is 47.3. The Morgan fingerprint density at radius 2 is 1.80 bits per heavy atom. The molecule has 20 heavy (non-hydrogen) atoms. The van der Waals surface area contributed by atoms with E-state index in [4.69, 9.17) is 5.73 Å². The fraction of sp³-hybridized carbons (Fsp3) is 0.941. The quantitative estimate of drug-likeness (QED) is 0.831. The van der Waals surface area contributed by atoms with Gasteiger partial charge < -0.3 is 11.1 Å². The first-order valence-electron chi connectivity index (χ1n) is 8.24. The first-order chi connectivity index (χ1) is 9.22. The van der Waals surface area contributed by atoms with Gasteiger partial charge in [-0.15, -0.1) is 0 Å². The van der Waals surface area contributed by atoms with Crippen molar-refractivity contribution >= 4 is 5.91 Å². The standard InChI is InChI=1S/C17H30N2O/c1-12(18)8-19-14(20)7-17-6-13-4-15(2,10-17)9-16(3,5-13)11-17/h12-13H,4-11,18H2,1-3H3,(H,19,20). The van der Waals surface area contributed by atoms with Gasteiger partial charge in [0.1, 0.15) is 0 Å². The van der Waals surface area contributed by atoms with Crippen molar-refractivity contribution in [3.8, 4) is 0 Å². The van der Waals surface area contributed by atoms with Gasteiger partial charge >= 0.3 is 0 Å². The predicted molar refractivity (Wildman–Crippen MR) is 81.1 cm³/mol. The summed E-state index contributed by atoms with van der Waals surface area (Å²) in [5.41, 5.74) is 7.00. The SMILES string of the molecule is CC(N)CNC(=O)CC12CC3CC(C)(CC(C)(C3)C1)C2. The highest BCUT2D eigenvalue weighted by Gasteiger charge is 2.60. The van der Waals surface area contributed by atoms with Crippen molar-refractivity contribution in [3.05, 3.63) is 0 Å². The Balaban J connectivity index is 1.71. The number of rotatable bonds is 4. The molecule has 4 rings (SSSR count).